The number of carbonyl (C=O) groups is 1. The zero-order chi connectivity index (χ0) is 7.56. The van der Waals surface area contributed by atoms with Crippen LogP contribution in [-0.2, 0) is 4.79 Å². The van der Waals surface area contributed by atoms with Crippen LogP contribution in [0.25, 0.3) is 0 Å². The molecular formula is C8H15NO. The minimum Gasteiger partial charge on any atom is -0.340 e. The van der Waals surface area contributed by atoms with Gasteiger partial charge in [0.1, 0.15) is 0 Å². The van der Waals surface area contributed by atoms with Crippen molar-refractivity contribution in [1.29, 1.82) is 0 Å². The molecule has 0 aromatic carbocycles. The summed E-state index contributed by atoms with van der Waals surface area (Å²) >= 11 is 0. The van der Waals surface area contributed by atoms with Crippen molar-refractivity contribution in [2.24, 2.45) is 0 Å². The van der Waals surface area contributed by atoms with Crippen molar-refractivity contribution in [3.8, 4) is 0 Å². The molecule has 0 bridgehead atoms. The van der Waals surface area contributed by atoms with Crippen molar-refractivity contribution in [2.75, 3.05) is 6.54 Å². The quantitative estimate of drug-likeness (QED) is 0.540. The van der Waals surface area contributed by atoms with Crippen LogP contribution in [0.4, 0.5) is 0 Å². The highest BCUT2D eigenvalue weighted by Crippen LogP contribution is 2.16. The Balaban J connectivity index is 2.46. The second-order valence-electron chi connectivity index (χ2n) is 2.93. The van der Waals surface area contributed by atoms with Gasteiger partial charge in [-0.3, -0.25) is 4.79 Å². The standard InChI is InChI=1S/C8H15NO/c1-3-8(10)9-6-4-5-7(9)2/h7H,3-6H2,1-2H3. The number of likely N-dealkylation sites (tertiary alicyclic amines) is 1. The van der Waals surface area contributed by atoms with Crippen LogP contribution < -0.4 is 0 Å². The zero-order valence-corrected chi connectivity index (χ0v) is 6.76. The molecule has 0 spiro atoms. The molecule has 10 heavy (non-hydrogen) atoms. The highest BCUT2D eigenvalue weighted by atomic mass is 16.2. The van der Waals surface area contributed by atoms with Gasteiger partial charge in [-0.15, -0.1) is 0 Å². The molecule has 1 rings (SSSR count). The molecule has 1 aliphatic heterocycles. The van der Waals surface area contributed by atoms with Crippen molar-refractivity contribution < 1.29 is 4.79 Å². The van der Waals surface area contributed by atoms with Gasteiger partial charge in [0.25, 0.3) is 0 Å². The Morgan fingerprint density at radius 1 is 1.70 bits per heavy atom. The molecule has 1 unspecified atom stereocenters. The highest BCUT2D eigenvalue weighted by Gasteiger charge is 2.23. The van der Waals surface area contributed by atoms with Gasteiger partial charge in [0, 0.05) is 19.0 Å². The molecule has 1 heterocycles. The van der Waals surface area contributed by atoms with E-state index in [1.807, 2.05) is 11.8 Å². The van der Waals surface area contributed by atoms with E-state index in [0.29, 0.717) is 18.4 Å². The summed E-state index contributed by atoms with van der Waals surface area (Å²) in [6.07, 6.45) is 3.03. The fraction of sp³-hybridized carbons (Fsp3) is 0.875. The molecule has 1 amide bonds. The predicted molar refractivity (Wildman–Crippen MR) is 40.7 cm³/mol. The topological polar surface area (TPSA) is 20.3 Å². The van der Waals surface area contributed by atoms with Crippen LogP contribution in [0.1, 0.15) is 33.1 Å². The normalized spacial score (nSPS) is 25.4. The smallest absolute Gasteiger partial charge is 0.222 e. The van der Waals surface area contributed by atoms with E-state index < -0.39 is 0 Å². The second kappa shape index (κ2) is 3.04. The van der Waals surface area contributed by atoms with E-state index in [2.05, 4.69) is 6.92 Å². The van der Waals surface area contributed by atoms with E-state index in [-0.39, 0.29) is 0 Å². The molecule has 0 aliphatic carbocycles. The lowest BCUT2D eigenvalue weighted by Crippen LogP contribution is -2.32. The average Bonchev–Trinajstić information content (AvgIpc) is 2.34. The molecule has 0 aromatic heterocycles. The van der Waals surface area contributed by atoms with Crippen molar-refractivity contribution in [3.63, 3.8) is 0 Å². The number of hydrogen-bond donors (Lipinski definition) is 0. The summed E-state index contributed by atoms with van der Waals surface area (Å²) in [6, 6.07) is 0.493. The van der Waals surface area contributed by atoms with Gasteiger partial charge in [0.05, 0.1) is 0 Å². The van der Waals surface area contributed by atoms with Crippen LogP contribution in [0.15, 0.2) is 0 Å². The van der Waals surface area contributed by atoms with Gasteiger partial charge in [0.2, 0.25) is 5.91 Å². The molecule has 1 saturated heterocycles. The summed E-state index contributed by atoms with van der Waals surface area (Å²) in [5.74, 6) is 0.310. The van der Waals surface area contributed by atoms with Crippen LogP contribution in [-0.4, -0.2) is 23.4 Å². The summed E-state index contributed by atoms with van der Waals surface area (Å²) in [5.41, 5.74) is 0. The van der Waals surface area contributed by atoms with Crippen LogP contribution in [0.5, 0.6) is 0 Å². The molecule has 1 aliphatic rings. The molecule has 2 heteroatoms. The van der Waals surface area contributed by atoms with E-state index in [1.54, 1.807) is 0 Å². The van der Waals surface area contributed by atoms with Gasteiger partial charge in [-0.25, -0.2) is 0 Å². The third-order valence-electron chi connectivity index (χ3n) is 2.18. The maximum absolute atomic E-state index is 11.2. The lowest BCUT2D eigenvalue weighted by atomic mass is 10.2. The van der Waals surface area contributed by atoms with E-state index >= 15 is 0 Å². The Morgan fingerprint density at radius 2 is 2.40 bits per heavy atom. The highest BCUT2D eigenvalue weighted by molar-refractivity contribution is 5.76. The van der Waals surface area contributed by atoms with Gasteiger partial charge >= 0.3 is 0 Å². The first-order valence-corrected chi connectivity index (χ1v) is 4.05. The number of rotatable bonds is 1. The molecule has 1 fully saturated rings. The van der Waals surface area contributed by atoms with Crippen LogP contribution >= 0.6 is 0 Å². The molecule has 2 nitrogen and oxygen atoms in total. The third kappa shape index (κ3) is 1.31. The molecule has 0 aromatic rings. The van der Waals surface area contributed by atoms with E-state index in [4.69, 9.17) is 0 Å². The lowest BCUT2D eigenvalue weighted by molar-refractivity contribution is -0.131. The molecule has 0 saturated carbocycles. The first-order valence-electron chi connectivity index (χ1n) is 4.05. The third-order valence-corrected chi connectivity index (χ3v) is 2.18. The van der Waals surface area contributed by atoms with Gasteiger partial charge in [-0.1, -0.05) is 6.92 Å². The lowest BCUT2D eigenvalue weighted by Gasteiger charge is -2.20. The fourth-order valence-electron chi connectivity index (χ4n) is 1.51. The van der Waals surface area contributed by atoms with Crippen molar-refractivity contribution >= 4 is 5.91 Å². The van der Waals surface area contributed by atoms with Gasteiger partial charge in [-0.2, -0.15) is 0 Å². The summed E-state index contributed by atoms with van der Waals surface area (Å²) in [5, 5.41) is 0. The average molecular weight is 141 g/mol. The maximum Gasteiger partial charge on any atom is 0.222 e. The van der Waals surface area contributed by atoms with Crippen molar-refractivity contribution in [3.05, 3.63) is 0 Å². The summed E-state index contributed by atoms with van der Waals surface area (Å²) < 4.78 is 0. The Morgan fingerprint density at radius 3 is 2.80 bits per heavy atom. The van der Waals surface area contributed by atoms with Crippen molar-refractivity contribution in [1.82, 2.24) is 4.90 Å². The Bertz CT molecular complexity index is 133. The number of carbonyl (C=O) groups excluding carboxylic acids is 1. The fourth-order valence-corrected chi connectivity index (χ4v) is 1.51. The largest absolute Gasteiger partial charge is 0.340 e. The molecular weight excluding hydrogens is 126 g/mol. The number of hydrogen-bond acceptors (Lipinski definition) is 1. The van der Waals surface area contributed by atoms with Crippen LogP contribution in [0.2, 0.25) is 0 Å². The zero-order valence-electron chi connectivity index (χ0n) is 6.76. The number of nitrogens with zero attached hydrogens (tertiary/aromatic N) is 1. The number of amides is 1. The first kappa shape index (κ1) is 7.58. The minimum atomic E-state index is 0.310. The van der Waals surface area contributed by atoms with Gasteiger partial charge in [-0.05, 0) is 19.8 Å². The van der Waals surface area contributed by atoms with Gasteiger partial charge in [0.15, 0.2) is 0 Å². The summed E-state index contributed by atoms with van der Waals surface area (Å²) in [6.45, 7) is 5.03. The second-order valence-corrected chi connectivity index (χ2v) is 2.93. The van der Waals surface area contributed by atoms with Crippen LogP contribution in [0, 0.1) is 0 Å². The monoisotopic (exact) mass is 141 g/mol. The van der Waals surface area contributed by atoms with Crippen molar-refractivity contribution in [2.45, 2.75) is 39.2 Å². The molecule has 0 N–H and O–H groups in total. The van der Waals surface area contributed by atoms with Crippen LogP contribution in [0.3, 0.4) is 0 Å². The Labute approximate surface area is 62.2 Å². The van der Waals surface area contributed by atoms with E-state index in [0.717, 1.165) is 6.54 Å². The van der Waals surface area contributed by atoms with E-state index in [9.17, 15) is 4.79 Å². The Hall–Kier alpha value is -0.530. The molecule has 1 atom stereocenters. The first-order chi connectivity index (χ1) is 4.75. The minimum absolute atomic E-state index is 0.310. The summed E-state index contributed by atoms with van der Waals surface area (Å²) in [7, 11) is 0. The maximum atomic E-state index is 11.2. The molecule has 0 radical (unpaired) electrons. The Kier molecular flexibility index (Phi) is 2.30. The van der Waals surface area contributed by atoms with E-state index in [1.165, 1.54) is 12.8 Å². The molecule has 58 valence electrons. The summed E-state index contributed by atoms with van der Waals surface area (Å²) in [4.78, 5) is 13.1. The predicted octanol–water partition coefficient (Wildman–Crippen LogP) is 1.41. The SMILES string of the molecule is CCC(=O)N1CCCC1C. The van der Waals surface area contributed by atoms with Gasteiger partial charge < -0.3 is 4.90 Å².